The molecule has 1 saturated heterocycles. The summed E-state index contributed by atoms with van der Waals surface area (Å²) in [6.07, 6.45) is 1.84. The molecule has 1 fully saturated rings. The first-order chi connectivity index (χ1) is 7.09. The van der Waals surface area contributed by atoms with Gasteiger partial charge in [-0.15, -0.1) is 0 Å². The van der Waals surface area contributed by atoms with Gasteiger partial charge in [0, 0.05) is 13.1 Å². The number of amides is 3. The number of likely N-dealkylation sites (tertiary alicyclic amines) is 1. The molecule has 1 heterocycles. The van der Waals surface area contributed by atoms with Crippen molar-refractivity contribution in [3.8, 4) is 0 Å². The first kappa shape index (κ1) is 12.1. The van der Waals surface area contributed by atoms with E-state index >= 15 is 0 Å². The van der Waals surface area contributed by atoms with Gasteiger partial charge in [0.15, 0.2) is 0 Å². The number of imide groups is 1. The minimum atomic E-state index is -2.74. The summed E-state index contributed by atoms with van der Waals surface area (Å²) in [5.41, 5.74) is 0. The van der Waals surface area contributed by atoms with Crippen LogP contribution < -0.4 is 5.32 Å². The fourth-order valence-electron chi connectivity index (χ4n) is 1.26. The molecule has 15 heavy (non-hydrogen) atoms. The van der Waals surface area contributed by atoms with Crippen molar-refractivity contribution in [3.63, 3.8) is 0 Å². The molecule has 0 aromatic heterocycles. The predicted molar refractivity (Wildman–Crippen MR) is 49.2 cm³/mol. The maximum atomic E-state index is 11.3. The molecule has 1 rings (SSSR count). The summed E-state index contributed by atoms with van der Waals surface area (Å²) < 4.78 is 23.9. The highest BCUT2D eigenvalue weighted by atomic mass is 32.2. The molecule has 0 aliphatic carbocycles. The van der Waals surface area contributed by atoms with Gasteiger partial charge in [-0.2, -0.15) is 0 Å². The van der Waals surface area contributed by atoms with Crippen molar-refractivity contribution in [3.05, 3.63) is 0 Å². The average Bonchev–Trinajstić information content (AvgIpc) is 2.67. The van der Waals surface area contributed by atoms with Crippen molar-refractivity contribution in [2.45, 2.75) is 12.8 Å². The number of nitrogens with zero attached hydrogens (tertiary/aromatic N) is 1. The van der Waals surface area contributed by atoms with Crippen molar-refractivity contribution in [2.75, 3.05) is 19.7 Å². The summed E-state index contributed by atoms with van der Waals surface area (Å²) in [6, 6.07) is -0.502. The van der Waals surface area contributed by atoms with Crippen LogP contribution in [0.3, 0.4) is 0 Å². The first-order valence-electron chi connectivity index (χ1n) is 4.41. The van der Waals surface area contributed by atoms with Gasteiger partial charge in [-0.3, -0.25) is 14.3 Å². The summed E-state index contributed by atoms with van der Waals surface area (Å²) in [7, 11) is 0. The van der Waals surface area contributed by atoms with Gasteiger partial charge in [-0.05, 0) is 12.8 Å². The van der Waals surface area contributed by atoms with Gasteiger partial charge in [0.1, 0.15) is 6.61 Å². The second-order valence-electron chi connectivity index (χ2n) is 3.01. The van der Waals surface area contributed by atoms with Gasteiger partial charge in [0.25, 0.3) is 5.91 Å². The monoisotopic (exact) mass is 235 g/mol. The van der Waals surface area contributed by atoms with Crippen molar-refractivity contribution in [1.29, 1.82) is 0 Å². The normalized spacial score (nSPS) is 17.5. The fraction of sp³-hybridized carbons (Fsp3) is 0.714. The maximum absolute atomic E-state index is 11.3. The van der Waals surface area contributed by atoms with Gasteiger partial charge >= 0.3 is 6.03 Å². The summed E-state index contributed by atoms with van der Waals surface area (Å²) in [5.74, 6) is -0.767. The third kappa shape index (κ3) is 4.36. The number of hydrogen-bond acceptors (Lipinski definition) is 5. The van der Waals surface area contributed by atoms with E-state index in [2.05, 4.69) is 4.18 Å². The van der Waals surface area contributed by atoms with Crippen LogP contribution in [0.5, 0.6) is 0 Å². The zero-order valence-electron chi connectivity index (χ0n) is 7.93. The molecule has 1 unspecified atom stereocenters. The number of carbonyl (C=O) groups is 2. The van der Waals surface area contributed by atoms with Crippen LogP contribution >= 0.6 is 0 Å². The van der Waals surface area contributed by atoms with E-state index < -0.39 is 29.9 Å². The summed E-state index contributed by atoms with van der Waals surface area (Å²) in [4.78, 5) is 23.7. The Hall–Kier alpha value is -0.990. The van der Waals surface area contributed by atoms with E-state index in [1.807, 2.05) is 5.32 Å². The maximum Gasteiger partial charge on any atom is 0.324 e. The van der Waals surface area contributed by atoms with Gasteiger partial charge in [0.2, 0.25) is 0 Å². The van der Waals surface area contributed by atoms with Crippen LogP contribution in [-0.4, -0.2) is 45.3 Å². The number of hydrogen-bond donors (Lipinski definition) is 1. The molecule has 0 radical (unpaired) electrons. The molecule has 0 bridgehead atoms. The molecule has 0 saturated carbocycles. The van der Waals surface area contributed by atoms with Crippen LogP contribution in [0.15, 0.2) is 0 Å². The van der Waals surface area contributed by atoms with Gasteiger partial charge in [-0.25, -0.2) is 9.00 Å². The molecule has 1 atom stereocenters. The second-order valence-corrected chi connectivity index (χ2v) is 3.66. The van der Waals surface area contributed by atoms with Gasteiger partial charge < -0.3 is 9.45 Å². The van der Waals surface area contributed by atoms with Crippen molar-refractivity contribution >= 4 is 23.3 Å². The number of carbonyl (C=O) groups excluding carboxylic acids is 2. The largest absolute Gasteiger partial charge is 0.750 e. The first-order valence-corrected chi connectivity index (χ1v) is 5.41. The van der Waals surface area contributed by atoms with Crippen molar-refractivity contribution in [1.82, 2.24) is 10.2 Å². The van der Waals surface area contributed by atoms with Crippen molar-refractivity contribution in [2.24, 2.45) is 0 Å². The zero-order chi connectivity index (χ0) is 11.3. The Morgan fingerprint density at radius 1 is 1.40 bits per heavy atom. The molecule has 1 N–H and O–H groups in total. The smallest absolute Gasteiger partial charge is 0.324 e. The van der Waals surface area contributed by atoms with Crippen LogP contribution in [0, 0.1) is 0 Å². The van der Waals surface area contributed by atoms with Gasteiger partial charge in [-0.1, -0.05) is 0 Å². The van der Waals surface area contributed by atoms with Crippen LogP contribution in [0.25, 0.3) is 0 Å². The molecule has 1 aliphatic heterocycles. The van der Waals surface area contributed by atoms with E-state index in [1.54, 1.807) is 0 Å². The Morgan fingerprint density at radius 3 is 2.53 bits per heavy atom. The second kappa shape index (κ2) is 5.79. The number of rotatable bonds is 3. The highest BCUT2D eigenvalue weighted by Crippen LogP contribution is 2.06. The van der Waals surface area contributed by atoms with E-state index in [1.165, 1.54) is 4.90 Å². The third-order valence-electron chi connectivity index (χ3n) is 1.93. The summed E-state index contributed by atoms with van der Waals surface area (Å²) in [6.45, 7) is 0.566. The minimum Gasteiger partial charge on any atom is -0.750 e. The number of nitrogens with one attached hydrogen (secondary N) is 1. The third-order valence-corrected chi connectivity index (χ3v) is 2.24. The molecule has 86 valence electrons. The lowest BCUT2D eigenvalue weighted by Crippen LogP contribution is -2.42. The SMILES string of the molecule is O=C(COS(=O)[O-])NC(=O)N1CCCC1. The van der Waals surface area contributed by atoms with E-state index in [-0.39, 0.29) is 0 Å². The zero-order valence-corrected chi connectivity index (χ0v) is 8.75. The van der Waals surface area contributed by atoms with E-state index in [4.69, 9.17) is 0 Å². The molecule has 0 aromatic rings. The topological polar surface area (TPSA) is 98.8 Å². The molecule has 3 amide bonds. The lowest BCUT2D eigenvalue weighted by atomic mass is 10.4. The molecule has 0 spiro atoms. The van der Waals surface area contributed by atoms with E-state index in [9.17, 15) is 18.4 Å². The molecule has 7 nitrogen and oxygen atoms in total. The van der Waals surface area contributed by atoms with E-state index in [0.29, 0.717) is 13.1 Å². The quantitative estimate of drug-likeness (QED) is 0.641. The Kier molecular flexibility index (Phi) is 4.66. The summed E-state index contributed by atoms with van der Waals surface area (Å²) >= 11 is -2.74. The lowest BCUT2D eigenvalue weighted by molar-refractivity contribution is -0.122. The molecular formula is C7H11N2O5S-. The highest BCUT2D eigenvalue weighted by Gasteiger charge is 2.19. The molecule has 1 aliphatic rings. The predicted octanol–water partition coefficient (Wildman–Crippen LogP) is -0.871. The van der Waals surface area contributed by atoms with E-state index in [0.717, 1.165) is 12.8 Å². The minimum absolute atomic E-state index is 0.502. The Bertz CT molecular complexity index is 277. The molecular weight excluding hydrogens is 224 g/mol. The Morgan fingerprint density at radius 2 is 2.00 bits per heavy atom. The Balaban J connectivity index is 2.24. The molecule has 0 aromatic carbocycles. The molecule has 8 heteroatoms. The van der Waals surface area contributed by atoms with Crippen molar-refractivity contribution < 1.29 is 22.5 Å². The Labute approximate surface area is 89.3 Å². The standard InChI is InChI=1S/C7H12N2O5S/c10-6(5-14-15(12)13)8-7(11)9-3-1-2-4-9/h1-5H2,(H,12,13)(H,8,10,11)/p-1. The van der Waals surface area contributed by atoms with Crippen LogP contribution in [-0.2, 0) is 20.3 Å². The average molecular weight is 235 g/mol. The van der Waals surface area contributed by atoms with Crippen LogP contribution in [0.4, 0.5) is 4.79 Å². The van der Waals surface area contributed by atoms with Crippen LogP contribution in [0.2, 0.25) is 0 Å². The summed E-state index contributed by atoms with van der Waals surface area (Å²) in [5, 5.41) is 2.03. The lowest BCUT2D eigenvalue weighted by Gasteiger charge is -2.15. The van der Waals surface area contributed by atoms with Crippen LogP contribution in [0.1, 0.15) is 12.8 Å². The highest BCUT2D eigenvalue weighted by molar-refractivity contribution is 7.74. The fourth-order valence-corrected chi connectivity index (χ4v) is 1.46. The number of urea groups is 1. The van der Waals surface area contributed by atoms with Gasteiger partial charge in [0.05, 0.1) is 11.4 Å².